The predicted molar refractivity (Wildman–Crippen MR) is 97.1 cm³/mol. The number of carbonyl (C=O) groups excluding carboxylic acids is 2. The third-order valence-electron chi connectivity index (χ3n) is 3.94. The zero-order chi connectivity index (χ0) is 18.2. The number of carbonyl (C=O) groups is 2. The molecule has 2 rings (SSSR count). The lowest BCUT2D eigenvalue weighted by molar-refractivity contribution is -0.140. The summed E-state index contributed by atoms with van der Waals surface area (Å²) in [4.78, 5) is 26.6. The van der Waals surface area contributed by atoms with E-state index in [4.69, 9.17) is 4.74 Å². The Morgan fingerprint density at radius 3 is 2.24 bits per heavy atom. The predicted octanol–water partition coefficient (Wildman–Crippen LogP) is 2.92. The minimum absolute atomic E-state index is 0.157. The van der Waals surface area contributed by atoms with E-state index in [0.29, 0.717) is 13.1 Å². The van der Waals surface area contributed by atoms with Gasteiger partial charge in [-0.15, -0.1) is 0 Å². The molecule has 1 atom stereocenters. The molecule has 0 aliphatic rings. The van der Waals surface area contributed by atoms with E-state index < -0.39 is 6.04 Å². The molecule has 1 N–H and O–H groups in total. The van der Waals surface area contributed by atoms with Gasteiger partial charge in [0, 0.05) is 20.0 Å². The van der Waals surface area contributed by atoms with Crippen LogP contribution in [0.1, 0.15) is 31.0 Å². The number of likely N-dealkylation sites (N-methyl/N-ethyl adjacent to an activating group) is 1. The van der Waals surface area contributed by atoms with Crippen LogP contribution in [0.2, 0.25) is 0 Å². The van der Waals surface area contributed by atoms with Crippen LogP contribution in [-0.2, 0) is 16.1 Å². The fraction of sp³-hybridized carbons (Fsp3) is 0.300. The zero-order valence-electron chi connectivity index (χ0n) is 14.9. The monoisotopic (exact) mass is 340 g/mol. The summed E-state index contributed by atoms with van der Waals surface area (Å²) in [6.45, 7) is 4.20. The van der Waals surface area contributed by atoms with Crippen LogP contribution in [0.4, 0.5) is 0 Å². The molecular weight excluding hydrogens is 316 g/mol. The van der Waals surface area contributed by atoms with Crippen molar-refractivity contribution in [2.75, 3.05) is 13.7 Å². The van der Waals surface area contributed by atoms with Crippen molar-refractivity contribution in [3.63, 3.8) is 0 Å². The number of nitrogens with zero attached hydrogens (tertiary/aromatic N) is 1. The molecule has 2 amide bonds. The Morgan fingerprint density at radius 1 is 1.08 bits per heavy atom. The van der Waals surface area contributed by atoms with E-state index >= 15 is 0 Å². The van der Waals surface area contributed by atoms with Gasteiger partial charge in [-0.3, -0.25) is 9.59 Å². The number of rotatable bonds is 7. The fourth-order valence-corrected chi connectivity index (χ4v) is 2.69. The number of methoxy groups -OCH3 is 1. The molecule has 5 nitrogen and oxygen atoms in total. The van der Waals surface area contributed by atoms with Crippen molar-refractivity contribution in [1.82, 2.24) is 10.2 Å². The van der Waals surface area contributed by atoms with Gasteiger partial charge in [0.25, 0.3) is 0 Å². The molecule has 5 heteroatoms. The van der Waals surface area contributed by atoms with E-state index in [0.717, 1.165) is 16.9 Å². The van der Waals surface area contributed by atoms with Gasteiger partial charge in [-0.05, 0) is 30.2 Å². The maximum atomic E-state index is 12.7. The molecular formula is C20H24N2O3. The second kappa shape index (κ2) is 8.87. The Bertz CT molecular complexity index is 699. The van der Waals surface area contributed by atoms with Crippen LogP contribution in [0, 0.1) is 0 Å². The van der Waals surface area contributed by atoms with Crippen LogP contribution < -0.4 is 10.1 Å². The Balaban J connectivity index is 2.34. The second-order valence-corrected chi connectivity index (χ2v) is 5.70. The lowest BCUT2D eigenvalue weighted by Crippen LogP contribution is -2.42. The standard InChI is InChI=1S/C20H24N2O3/c1-4-21-20(24)19(17-8-6-5-7-9-17)22(15(2)23)14-16-10-12-18(25-3)13-11-16/h5-13,19H,4,14H2,1-3H3,(H,21,24)/t19-/m0/s1. The highest BCUT2D eigenvalue weighted by Gasteiger charge is 2.29. The first kappa shape index (κ1) is 18.5. The average molecular weight is 340 g/mol. The maximum Gasteiger partial charge on any atom is 0.247 e. The Hall–Kier alpha value is -2.82. The van der Waals surface area contributed by atoms with Gasteiger partial charge in [0.15, 0.2) is 0 Å². The van der Waals surface area contributed by atoms with Crippen LogP contribution in [0.15, 0.2) is 54.6 Å². The minimum atomic E-state index is -0.666. The fourth-order valence-electron chi connectivity index (χ4n) is 2.69. The molecule has 0 aliphatic heterocycles. The highest BCUT2D eigenvalue weighted by molar-refractivity contribution is 5.88. The molecule has 0 aliphatic carbocycles. The average Bonchev–Trinajstić information content (AvgIpc) is 2.63. The van der Waals surface area contributed by atoms with E-state index in [1.807, 2.05) is 61.5 Å². The SMILES string of the molecule is CCNC(=O)[C@H](c1ccccc1)N(Cc1ccc(OC)cc1)C(C)=O. The van der Waals surface area contributed by atoms with Gasteiger partial charge >= 0.3 is 0 Å². The third-order valence-corrected chi connectivity index (χ3v) is 3.94. The largest absolute Gasteiger partial charge is 0.497 e. The Labute approximate surface area is 148 Å². The summed E-state index contributed by atoms with van der Waals surface area (Å²) in [5.74, 6) is 0.412. The number of hydrogen-bond donors (Lipinski definition) is 1. The van der Waals surface area contributed by atoms with Gasteiger partial charge < -0.3 is 15.0 Å². The molecule has 0 saturated carbocycles. The Kier molecular flexibility index (Phi) is 6.57. The molecule has 0 saturated heterocycles. The van der Waals surface area contributed by atoms with Crippen molar-refractivity contribution >= 4 is 11.8 Å². The summed E-state index contributed by atoms with van der Waals surface area (Å²) in [6.07, 6.45) is 0. The van der Waals surface area contributed by atoms with Gasteiger partial charge in [0.05, 0.1) is 7.11 Å². The number of amides is 2. The lowest BCUT2D eigenvalue weighted by Gasteiger charge is -2.30. The molecule has 0 unspecified atom stereocenters. The summed E-state index contributed by atoms with van der Waals surface area (Å²) in [5.41, 5.74) is 1.72. The van der Waals surface area contributed by atoms with Crippen molar-refractivity contribution in [1.29, 1.82) is 0 Å². The molecule has 0 fully saturated rings. The first-order valence-electron chi connectivity index (χ1n) is 8.29. The number of hydrogen-bond acceptors (Lipinski definition) is 3. The summed E-state index contributed by atoms with van der Waals surface area (Å²) in [7, 11) is 1.61. The summed E-state index contributed by atoms with van der Waals surface area (Å²) in [6, 6.07) is 16.2. The van der Waals surface area contributed by atoms with Crippen LogP contribution >= 0.6 is 0 Å². The normalized spacial score (nSPS) is 11.5. The molecule has 132 valence electrons. The molecule has 2 aromatic rings. The molecule has 0 aromatic heterocycles. The van der Waals surface area contributed by atoms with E-state index in [1.165, 1.54) is 6.92 Å². The van der Waals surface area contributed by atoms with Gasteiger partial charge in [-0.1, -0.05) is 42.5 Å². The van der Waals surface area contributed by atoms with E-state index in [-0.39, 0.29) is 11.8 Å². The highest BCUT2D eigenvalue weighted by atomic mass is 16.5. The lowest BCUT2D eigenvalue weighted by atomic mass is 10.0. The quantitative estimate of drug-likeness (QED) is 0.843. The smallest absolute Gasteiger partial charge is 0.247 e. The zero-order valence-corrected chi connectivity index (χ0v) is 14.9. The number of ether oxygens (including phenoxy) is 1. The first-order valence-corrected chi connectivity index (χ1v) is 8.29. The summed E-state index contributed by atoms with van der Waals surface area (Å²) in [5, 5.41) is 2.83. The summed E-state index contributed by atoms with van der Waals surface area (Å²) >= 11 is 0. The van der Waals surface area contributed by atoms with Crippen LogP contribution in [-0.4, -0.2) is 30.4 Å². The topological polar surface area (TPSA) is 58.6 Å². The van der Waals surface area contributed by atoms with Gasteiger partial charge in [-0.2, -0.15) is 0 Å². The van der Waals surface area contributed by atoms with Crippen molar-refractivity contribution in [3.8, 4) is 5.75 Å². The molecule has 2 aromatic carbocycles. The van der Waals surface area contributed by atoms with E-state index in [1.54, 1.807) is 12.0 Å². The van der Waals surface area contributed by atoms with E-state index in [2.05, 4.69) is 5.32 Å². The first-order chi connectivity index (χ1) is 12.1. The number of benzene rings is 2. The van der Waals surface area contributed by atoms with Crippen molar-refractivity contribution in [2.45, 2.75) is 26.4 Å². The van der Waals surface area contributed by atoms with Crippen molar-refractivity contribution in [3.05, 3.63) is 65.7 Å². The minimum Gasteiger partial charge on any atom is -0.497 e. The number of nitrogens with one attached hydrogen (secondary N) is 1. The molecule has 0 bridgehead atoms. The molecule has 0 spiro atoms. The van der Waals surface area contributed by atoms with E-state index in [9.17, 15) is 9.59 Å². The summed E-state index contributed by atoms with van der Waals surface area (Å²) < 4.78 is 5.16. The van der Waals surface area contributed by atoms with Crippen molar-refractivity contribution < 1.29 is 14.3 Å². The van der Waals surface area contributed by atoms with Gasteiger partial charge in [0.1, 0.15) is 11.8 Å². The second-order valence-electron chi connectivity index (χ2n) is 5.70. The molecule has 0 heterocycles. The molecule has 0 radical (unpaired) electrons. The van der Waals surface area contributed by atoms with Crippen LogP contribution in [0.5, 0.6) is 5.75 Å². The maximum absolute atomic E-state index is 12.7. The Morgan fingerprint density at radius 2 is 1.72 bits per heavy atom. The molecule has 25 heavy (non-hydrogen) atoms. The third kappa shape index (κ3) is 4.83. The van der Waals surface area contributed by atoms with Crippen LogP contribution in [0.3, 0.4) is 0 Å². The van der Waals surface area contributed by atoms with Crippen molar-refractivity contribution in [2.24, 2.45) is 0 Å². The van der Waals surface area contributed by atoms with Gasteiger partial charge in [-0.25, -0.2) is 0 Å². The highest BCUT2D eigenvalue weighted by Crippen LogP contribution is 2.24. The van der Waals surface area contributed by atoms with Gasteiger partial charge in [0.2, 0.25) is 11.8 Å². The van der Waals surface area contributed by atoms with Crippen LogP contribution in [0.25, 0.3) is 0 Å².